The van der Waals surface area contributed by atoms with Gasteiger partial charge in [-0.15, -0.1) is 5.10 Å². The van der Waals surface area contributed by atoms with Crippen molar-refractivity contribution in [2.24, 2.45) is 0 Å². The van der Waals surface area contributed by atoms with E-state index >= 15 is 0 Å². The molecule has 9 nitrogen and oxygen atoms in total. The molecular weight excluding hydrogens is 396 g/mol. The number of carbonyl (C=O) groups is 1. The van der Waals surface area contributed by atoms with Crippen LogP contribution in [0.3, 0.4) is 0 Å². The molecule has 0 saturated carbocycles. The SMILES string of the molecule is CC(=O)Nc1cc2c(cn1)c(N1CC3CC1CO3)nn2-c1cccc(C2CCOC2)n1. The molecule has 0 spiro atoms. The number of rotatable bonds is 4. The molecule has 3 atom stereocenters. The summed E-state index contributed by atoms with van der Waals surface area (Å²) in [4.78, 5) is 23.3. The lowest BCUT2D eigenvalue weighted by molar-refractivity contribution is -0.114. The number of pyridine rings is 2. The molecule has 6 heterocycles. The van der Waals surface area contributed by atoms with Crippen molar-refractivity contribution >= 4 is 28.4 Å². The van der Waals surface area contributed by atoms with Crippen LogP contribution in [0.25, 0.3) is 16.7 Å². The summed E-state index contributed by atoms with van der Waals surface area (Å²) in [5.74, 6) is 2.29. The van der Waals surface area contributed by atoms with E-state index in [2.05, 4.69) is 21.3 Å². The highest BCUT2D eigenvalue weighted by Crippen LogP contribution is 2.37. The van der Waals surface area contributed by atoms with Gasteiger partial charge in [0.05, 0.1) is 36.3 Å². The maximum absolute atomic E-state index is 11.6. The number of morpholine rings is 1. The summed E-state index contributed by atoms with van der Waals surface area (Å²) in [6, 6.07) is 8.24. The molecule has 3 unspecified atom stereocenters. The van der Waals surface area contributed by atoms with E-state index in [1.54, 1.807) is 6.20 Å². The van der Waals surface area contributed by atoms with Crippen LogP contribution in [-0.2, 0) is 14.3 Å². The summed E-state index contributed by atoms with van der Waals surface area (Å²) in [5, 5.41) is 8.71. The highest BCUT2D eigenvalue weighted by molar-refractivity contribution is 5.95. The average molecular weight is 420 g/mol. The van der Waals surface area contributed by atoms with E-state index in [9.17, 15) is 4.79 Å². The topological polar surface area (TPSA) is 94.4 Å². The molecule has 1 amide bonds. The van der Waals surface area contributed by atoms with Crippen LogP contribution in [-0.4, -0.2) is 64.2 Å². The molecule has 3 fully saturated rings. The molecule has 3 aliphatic rings. The Bertz CT molecular complexity index is 1160. The normalized spacial score (nSPS) is 24.9. The third kappa shape index (κ3) is 3.24. The first-order valence-electron chi connectivity index (χ1n) is 10.8. The number of fused-ring (bicyclic) bond motifs is 3. The number of ether oxygens (including phenoxy) is 2. The molecular formula is C22H24N6O3. The van der Waals surface area contributed by atoms with Crippen LogP contribution in [0.5, 0.6) is 0 Å². The zero-order valence-corrected chi connectivity index (χ0v) is 17.3. The molecule has 31 heavy (non-hydrogen) atoms. The van der Waals surface area contributed by atoms with E-state index in [4.69, 9.17) is 19.6 Å². The first kappa shape index (κ1) is 18.7. The first-order chi connectivity index (χ1) is 15.2. The van der Waals surface area contributed by atoms with Crippen LogP contribution in [0.1, 0.15) is 31.4 Å². The second-order valence-corrected chi connectivity index (χ2v) is 8.48. The Hall–Kier alpha value is -3.04. The Kier molecular flexibility index (Phi) is 4.39. The minimum Gasteiger partial charge on any atom is -0.381 e. The summed E-state index contributed by atoms with van der Waals surface area (Å²) >= 11 is 0. The van der Waals surface area contributed by atoms with Gasteiger partial charge in [-0.05, 0) is 25.0 Å². The summed E-state index contributed by atoms with van der Waals surface area (Å²) in [5.41, 5.74) is 1.88. The Morgan fingerprint density at radius 1 is 1.29 bits per heavy atom. The van der Waals surface area contributed by atoms with E-state index in [-0.39, 0.29) is 12.0 Å². The smallest absolute Gasteiger partial charge is 0.222 e. The van der Waals surface area contributed by atoms with Crippen molar-refractivity contribution in [1.29, 1.82) is 0 Å². The lowest BCUT2D eigenvalue weighted by Crippen LogP contribution is -2.37. The first-order valence-corrected chi connectivity index (χ1v) is 10.8. The largest absolute Gasteiger partial charge is 0.381 e. The number of amides is 1. The molecule has 0 radical (unpaired) electrons. The van der Waals surface area contributed by atoms with Gasteiger partial charge >= 0.3 is 0 Å². The summed E-state index contributed by atoms with van der Waals surface area (Å²) in [7, 11) is 0. The van der Waals surface area contributed by atoms with Crippen molar-refractivity contribution in [3.05, 3.63) is 36.2 Å². The van der Waals surface area contributed by atoms with E-state index in [0.717, 1.165) is 60.8 Å². The fourth-order valence-corrected chi connectivity index (χ4v) is 4.84. The molecule has 6 rings (SSSR count). The summed E-state index contributed by atoms with van der Waals surface area (Å²) < 4.78 is 13.2. The number of nitrogens with zero attached hydrogens (tertiary/aromatic N) is 5. The number of aromatic nitrogens is 4. The van der Waals surface area contributed by atoms with Crippen molar-refractivity contribution < 1.29 is 14.3 Å². The van der Waals surface area contributed by atoms with Gasteiger partial charge in [-0.25, -0.2) is 14.6 Å². The van der Waals surface area contributed by atoms with Crippen molar-refractivity contribution in [2.45, 2.75) is 37.8 Å². The van der Waals surface area contributed by atoms with E-state index < -0.39 is 0 Å². The predicted octanol–water partition coefficient (Wildman–Crippen LogP) is 2.26. The third-order valence-corrected chi connectivity index (χ3v) is 6.34. The highest BCUT2D eigenvalue weighted by Gasteiger charge is 2.41. The third-order valence-electron chi connectivity index (χ3n) is 6.34. The van der Waals surface area contributed by atoms with Crippen molar-refractivity contribution in [3.63, 3.8) is 0 Å². The number of nitrogens with one attached hydrogen (secondary N) is 1. The predicted molar refractivity (Wildman–Crippen MR) is 115 cm³/mol. The minimum atomic E-state index is -0.159. The molecule has 3 aromatic heterocycles. The highest BCUT2D eigenvalue weighted by atomic mass is 16.5. The molecule has 9 heteroatoms. The summed E-state index contributed by atoms with van der Waals surface area (Å²) in [6.07, 6.45) is 4.07. The van der Waals surface area contributed by atoms with Gasteiger partial charge in [0.1, 0.15) is 5.82 Å². The van der Waals surface area contributed by atoms with Gasteiger partial charge in [0.25, 0.3) is 0 Å². The summed E-state index contributed by atoms with van der Waals surface area (Å²) in [6.45, 7) is 4.51. The minimum absolute atomic E-state index is 0.159. The van der Waals surface area contributed by atoms with Crippen LogP contribution in [0.2, 0.25) is 0 Å². The second-order valence-electron chi connectivity index (χ2n) is 8.48. The molecule has 0 aliphatic carbocycles. The quantitative estimate of drug-likeness (QED) is 0.692. The van der Waals surface area contributed by atoms with Crippen molar-refractivity contribution in [1.82, 2.24) is 19.7 Å². The molecule has 3 saturated heterocycles. The zero-order chi connectivity index (χ0) is 20.9. The van der Waals surface area contributed by atoms with Gasteiger partial charge in [0.15, 0.2) is 11.6 Å². The molecule has 2 bridgehead atoms. The van der Waals surface area contributed by atoms with Crippen molar-refractivity contribution in [3.8, 4) is 5.82 Å². The van der Waals surface area contributed by atoms with Crippen LogP contribution < -0.4 is 10.2 Å². The van der Waals surface area contributed by atoms with Crippen LogP contribution in [0, 0.1) is 0 Å². The fraction of sp³-hybridized carbons (Fsp3) is 0.455. The van der Waals surface area contributed by atoms with Crippen LogP contribution in [0.4, 0.5) is 11.6 Å². The molecule has 3 aromatic rings. The van der Waals surface area contributed by atoms with Gasteiger partial charge in [-0.1, -0.05) is 6.07 Å². The fourth-order valence-electron chi connectivity index (χ4n) is 4.84. The van der Waals surface area contributed by atoms with E-state index in [0.29, 0.717) is 24.4 Å². The molecule has 0 aromatic carbocycles. The average Bonchev–Trinajstić information content (AvgIpc) is 3.56. The van der Waals surface area contributed by atoms with E-state index in [1.807, 2.05) is 22.9 Å². The monoisotopic (exact) mass is 420 g/mol. The van der Waals surface area contributed by atoms with E-state index in [1.165, 1.54) is 6.92 Å². The van der Waals surface area contributed by atoms with Gasteiger partial charge in [0, 0.05) is 44.0 Å². The standard InChI is InChI=1S/C22H24N6O3/c1-13(29)24-20-8-19-17(9-23-20)22(27-10-16-7-15(27)12-31-16)26-28(19)21-4-2-3-18(25-21)14-5-6-30-11-14/h2-4,8-9,14-16H,5-7,10-12H2,1H3,(H,23,24,29). The number of hydrogen-bond donors (Lipinski definition) is 1. The molecule has 1 N–H and O–H groups in total. The maximum atomic E-state index is 11.6. The number of hydrogen-bond acceptors (Lipinski definition) is 7. The van der Waals surface area contributed by atoms with Gasteiger partial charge in [-0.3, -0.25) is 4.79 Å². The van der Waals surface area contributed by atoms with Crippen LogP contribution in [0.15, 0.2) is 30.5 Å². The maximum Gasteiger partial charge on any atom is 0.222 e. The van der Waals surface area contributed by atoms with Crippen LogP contribution >= 0.6 is 0 Å². The van der Waals surface area contributed by atoms with Gasteiger partial charge in [0.2, 0.25) is 5.91 Å². The Morgan fingerprint density at radius 2 is 2.23 bits per heavy atom. The number of carbonyl (C=O) groups excluding carboxylic acids is 1. The van der Waals surface area contributed by atoms with Crippen molar-refractivity contribution in [2.75, 3.05) is 36.6 Å². The molecule has 3 aliphatic heterocycles. The number of anilines is 2. The van der Waals surface area contributed by atoms with Gasteiger partial charge in [-0.2, -0.15) is 0 Å². The lowest BCUT2D eigenvalue weighted by atomic mass is 10.0. The Balaban J connectivity index is 1.47. The Morgan fingerprint density at radius 3 is 2.97 bits per heavy atom. The zero-order valence-electron chi connectivity index (χ0n) is 17.3. The second kappa shape index (κ2) is 7.28. The van der Waals surface area contributed by atoms with Gasteiger partial charge < -0.3 is 19.7 Å². The molecule has 160 valence electrons. The lowest BCUT2D eigenvalue weighted by Gasteiger charge is -2.26. The Labute approximate surface area is 179 Å².